The Morgan fingerprint density at radius 2 is 1.96 bits per heavy atom. The van der Waals surface area contributed by atoms with Crippen LogP contribution < -0.4 is 5.32 Å². The summed E-state index contributed by atoms with van der Waals surface area (Å²) in [5, 5.41) is 10.8. The average Bonchev–Trinajstić information content (AvgIpc) is 3.26. The van der Waals surface area contributed by atoms with Gasteiger partial charge in [0.05, 0.1) is 5.56 Å². The van der Waals surface area contributed by atoms with Gasteiger partial charge < -0.3 is 9.73 Å². The van der Waals surface area contributed by atoms with Crippen LogP contribution in [0.2, 0.25) is 0 Å². The summed E-state index contributed by atoms with van der Waals surface area (Å²) in [4.78, 5) is 26.0. The van der Waals surface area contributed by atoms with Gasteiger partial charge in [-0.05, 0) is 40.9 Å². The molecule has 1 aromatic carbocycles. The van der Waals surface area contributed by atoms with Crippen LogP contribution in [0.1, 0.15) is 31.6 Å². The van der Waals surface area contributed by atoms with Crippen molar-refractivity contribution in [1.29, 1.82) is 0 Å². The van der Waals surface area contributed by atoms with E-state index in [9.17, 15) is 9.59 Å². The molecule has 1 spiro atoms. The van der Waals surface area contributed by atoms with Crippen molar-refractivity contribution in [2.45, 2.75) is 37.8 Å². The van der Waals surface area contributed by atoms with E-state index in [-0.39, 0.29) is 24.4 Å². The molecule has 24 heavy (non-hydrogen) atoms. The number of aromatic nitrogens is 2. The smallest absolute Gasteiger partial charge is 0.325 e. The number of carbonyl (C=O) groups is 2. The monoisotopic (exact) mass is 390 g/mol. The van der Waals surface area contributed by atoms with Crippen LogP contribution in [-0.4, -0.2) is 32.6 Å². The molecule has 2 heterocycles. The van der Waals surface area contributed by atoms with Crippen LogP contribution in [0, 0.1) is 0 Å². The second kappa shape index (κ2) is 5.70. The maximum Gasteiger partial charge on any atom is 0.325 e. The fourth-order valence-corrected chi connectivity index (χ4v) is 3.79. The van der Waals surface area contributed by atoms with E-state index in [1.165, 1.54) is 4.90 Å². The maximum atomic E-state index is 12.6. The summed E-state index contributed by atoms with van der Waals surface area (Å²) >= 11 is 3.43. The highest BCUT2D eigenvalue weighted by atomic mass is 79.9. The van der Waals surface area contributed by atoms with E-state index >= 15 is 0 Å². The van der Waals surface area contributed by atoms with Crippen LogP contribution in [0.3, 0.4) is 0 Å². The number of imide groups is 1. The average molecular weight is 391 g/mol. The van der Waals surface area contributed by atoms with E-state index in [0.29, 0.717) is 18.7 Å². The van der Waals surface area contributed by atoms with Gasteiger partial charge in [0.2, 0.25) is 11.8 Å². The first-order chi connectivity index (χ1) is 11.6. The first kappa shape index (κ1) is 15.3. The summed E-state index contributed by atoms with van der Waals surface area (Å²) in [5.41, 5.74) is 0.0447. The minimum Gasteiger partial charge on any atom is -0.419 e. The number of amides is 3. The molecule has 3 amide bonds. The minimum atomic E-state index is -0.720. The fourth-order valence-electron chi connectivity index (χ4n) is 3.33. The zero-order chi connectivity index (χ0) is 16.7. The highest BCUT2D eigenvalue weighted by Gasteiger charge is 2.52. The maximum absolute atomic E-state index is 12.6. The van der Waals surface area contributed by atoms with Crippen molar-refractivity contribution >= 4 is 27.9 Å². The highest BCUT2D eigenvalue weighted by Crippen LogP contribution is 2.35. The molecule has 2 aliphatic rings. The van der Waals surface area contributed by atoms with Crippen LogP contribution in [0.4, 0.5) is 4.79 Å². The molecule has 1 saturated heterocycles. The zero-order valence-electron chi connectivity index (χ0n) is 12.8. The molecule has 2 aromatic rings. The number of nitrogens with zero attached hydrogens (tertiary/aromatic N) is 3. The molecule has 1 saturated carbocycles. The number of halogens is 1. The van der Waals surface area contributed by atoms with Gasteiger partial charge in [0.15, 0.2) is 0 Å². The molecule has 1 aromatic heterocycles. The van der Waals surface area contributed by atoms with Gasteiger partial charge in [0.1, 0.15) is 12.1 Å². The number of rotatable bonds is 3. The quantitative estimate of drug-likeness (QED) is 0.813. The first-order valence-corrected chi connectivity index (χ1v) is 8.60. The Hall–Kier alpha value is -2.22. The summed E-state index contributed by atoms with van der Waals surface area (Å²) in [5.74, 6) is 0.394. The third-order valence-electron chi connectivity index (χ3n) is 4.57. The predicted octanol–water partition coefficient (Wildman–Crippen LogP) is 2.86. The van der Waals surface area contributed by atoms with Gasteiger partial charge in [-0.25, -0.2) is 4.79 Å². The molecule has 2 fully saturated rings. The van der Waals surface area contributed by atoms with Gasteiger partial charge in [-0.1, -0.05) is 25.0 Å². The zero-order valence-corrected chi connectivity index (χ0v) is 14.4. The molecule has 8 heteroatoms. The van der Waals surface area contributed by atoms with Crippen molar-refractivity contribution in [1.82, 2.24) is 20.4 Å². The van der Waals surface area contributed by atoms with Crippen LogP contribution in [0.25, 0.3) is 11.5 Å². The second-order valence-corrected chi connectivity index (χ2v) is 6.95. The van der Waals surface area contributed by atoms with E-state index in [0.717, 1.165) is 22.9 Å². The lowest BCUT2D eigenvalue weighted by atomic mass is 9.98. The van der Waals surface area contributed by atoms with E-state index in [1.807, 2.05) is 24.3 Å². The molecule has 124 valence electrons. The summed E-state index contributed by atoms with van der Waals surface area (Å²) in [6, 6.07) is 7.09. The number of urea groups is 1. The molecular formula is C16H15BrN4O3. The molecule has 1 aliphatic carbocycles. The minimum absolute atomic E-state index is 0.0101. The number of nitrogens with one attached hydrogen (secondary N) is 1. The molecule has 1 aliphatic heterocycles. The van der Waals surface area contributed by atoms with E-state index in [1.54, 1.807) is 0 Å². The second-order valence-electron chi connectivity index (χ2n) is 6.09. The normalized spacial score (nSPS) is 19.3. The third kappa shape index (κ3) is 2.41. The topological polar surface area (TPSA) is 88.3 Å². The van der Waals surface area contributed by atoms with Crippen molar-refractivity contribution in [2.75, 3.05) is 0 Å². The van der Waals surface area contributed by atoms with E-state index in [4.69, 9.17) is 4.42 Å². The first-order valence-electron chi connectivity index (χ1n) is 7.80. The van der Waals surface area contributed by atoms with Crippen LogP contribution in [-0.2, 0) is 11.3 Å². The molecule has 4 rings (SSSR count). The number of carbonyl (C=O) groups excluding carboxylic acids is 2. The summed E-state index contributed by atoms with van der Waals surface area (Å²) in [7, 11) is 0. The predicted molar refractivity (Wildman–Crippen MR) is 87.7 cm³/mol. The Labute approximate surface area is 146 Å². The third-order valence-corrected chi connectivity index (χ3v) is 5.26. The SMILES string of the molecule is O=C1NC2(CCCC2)C(=O)N1Cc1nnc(-c2ccccc2Br)o1. The fraction of sp³-hybridized carbons (Fsp3) is 0.375. The number of benzene rings is 1. The lowest BCUT2D eigenvalue weighted by Gasteiger charge is -2.19. The molecule has 0 radical (unpaired) electrons. The Balaban J connectivity index is 1.55. The molecule has 1 N–H and O–H groups in total. The van der Waals surface area contributed by atoms with Crippen molar-refractivity contribution in [3.63, 3.8) is 0 Å². The molecule has 0 bridgehead atoms. The lowest BCUT2D eigenvalue weighted by Crippen LogP contribution is -2.44. The summed E-state index contributed by atoms with van der Waals surface area (Å²) in [6.45, 7) is -0.0101. The Morgan fingerprint density at radius 1 is 1.21 bits per heavy atom. The van der Waals surface area contributed by atoms with E-state index in [2.05, 4.69) is 31.4 Å². The van der Waals surface area contributed by atoms with Gasteiger partial charge in [-0.15, -0.1) is 10.2 Å². The van der Waals surface area contributed by atoms with Gasteiger partial charge in [-0.2, -0.15) is 0 Å². The Kier molecular flexibility index (Phi) is 3.64. The van der Waals surface area contributed by atoms with Crippen molar-refractivity contribution in [3.8, 4) is 11.5 Å². The van der Waals surface area contributed by atoms with Gasteiger partial charge in [0, 0.05) is 4.47 Å². The van der Waals surface area contributed by atoms with Gasteiger partial charge in [0.25, 0.3) is 5.91 Å². The Morgan fingerprint density at radius 3 is 2.71 bits per heavy atom. The van der Waals surface area contributed by atoms with Crippen LogP contribution >= 0.6 is 15.9 Å². The largest absolute Gasteiger partial charge is 0.419 e. The lowest BCUT2D eigenvalue weighted by molar-refractivity contribution is -0.131. The van der Waals surface area contributed by atoms with E-state index < -0.39 is 5.54 Å². The van der Waals surface area contributed by atoms with Gasteiger partial charge >= 0.3 is 6.03 Å². The number of hydrogen-bond donors (Lipinski definition) is 1. The molecule has 0 atom stereocenters. The summed E-state index contributed by atoms with van der Waals surface area (Å²) in [6.07, 6.45) is 3.29. The molecule has 7 nitrogen and oxygen atoms in total. The molecule has 0 unspecified atom stereocenters. The van der Waals surface area contributed by atoms with Crippen molar-refractivity contribution in [2.24, 2.45) is 0 Å². The standard InChI is InChI=1S/C16H15BrN4O3/c17-11-6-2-1-5-10(11)13-20-19-12(24-13)9-21-14(22)16(18-15(21)23)7-3-4-8-16/h1-2,5-6H,3-4,7-9H2,(H,18,23). The Bertz CT molecular complexity index is 813. The molecular weight excluding hydrogens is 376 g/mol. The number of hydrogen-bond acceptors (Lipinski definition) is 5. The van der Waals surface area contributed by atoms with Gasteiger partial charge in [-0.3, -0.25) is 9.69 Å². The van der Waals surface area contributed by atoms with Crippen molar-refractivity contribution in [3.05, 3.63) is 34.6 Å². The van der Waals surface area contributed by atoms with Crippen LogP contribution in [0.15, 0.2) is 33.2 Å². The van der Waals surface area contributed by atoms with Crippen LogP contribution in [0.5, 0.6) is 0 Å². The van der Waals surface area contributed by atoms with Crippen molar-refractivity contribution < 1.29 is 14.0 Å². The highest BCUT2D eigenvalue weighted by molar-refractivity contribution is 9.10. The summed E-state index contributed by atoms with van der Waals surface area (Å²) < 4.78 is 6.47.